The van der Waals surface area contributed by atoms with Crippen LogP contribution in [0.3, 0.4) is 0 Å². The number of non-ortho nitro benzene ring substituents is 1. The van der Waals surface area contributed by atoms with Gasteiger partial charge in [0, 0.05) is 31.6 Å². The summed E-state index contributed by atoms with van der Waals surface area (Å²) in [4.78, 5) is 80.4. The SMILES string of the molecule is CC(C)C[C@@H]1NC(=O)[C@H](Cc2ccc3ccccc3c2)NC(=O)[C@H]2CCCN2C(=O)[C@H](NC(=O)[C@@H](N)Cc2ccc([N+](=O)[O-])cc2)CCNC1=O. The van der Waals surface area contributed by atoms with Crippen molar-refractivity contribution in [3.8, 4) is 0 Å². The van der Waals surface area contributed by atoms with E-state index in [2.05, 4.69) is 21.3 Å². The first kappa shape index (κ1) is 36.9. The van der Waals surface area contributed by atoms with Gasteiger partial charge in [-0.25, -0.2) is 0 Å². The minimum Gasteiger partial charge on any atom is -0.354 e. The Bertz CT molecular complexity index is 1780. The van der Waals surface area contributed by atoms with Gasteiger partial charge in [0.05, 0.1) is 11.0 Å². The maximum atomic E-state index is 14.0. The number of benzene rings is 3. The first-order chi connectivity index (χ1) is 24.4. The summed E-state index contributed by atoms with van der Waals surface area (Å²) >= 11 is 0. The summed E-state index contributed by atoms with van der Waals surface area (Å²) in [6, 6.07) is 14.3. The van der Waals surface area contributed by atoms with Gasteiger partial charge in [0.2, 0.25) is 29.5 Å². The van der Waals surface area contributed by atoms with E-state index in [4.69, 9.17) is 5.73 Å². The van der Waals surface area contributed by atoms with Crippen LogP contribution in [-0.2, 0) is 36.8 Å². The summed E-state index contributed by atoms with van der Waals surface area (Å²) in [6.07, 6.45) is 1.48. The molecule has 0 spiro atoms. The molecular weight excluding hydrogens is 654 g/mol. The van der Waals surface area contributed by atoms with Gasteiger partial charge in [-0.2, -0.15) is 0 Å². The van der Waals surface area contributed by atoms with Crippen LogP contribution >= 0.6 is 0 Å². The Morgan fingerprint density at radius 2 is 1.61 bits per heavy atom. The van der Waals surface area contributed by atoms with Crippen LogP contribution in [0.5, 0.6) is 0 Å². The zero-order valence-corrected chi connectivity index (χ0v) is 28.8. The summed E-state index contributed by atoms with van der Waals surface area (Å²) in [6.45, 7) is 4.13. The van der Waals surface area contributed by atoms with E-state index >= 15 is 0 Å². The van der Waals surface area contributed by atoms with Crippen LogP contribution in [-0.4, -0.2) is 82.7 Å². The second-order valence-electron chi connectivity index (χ2n) is 13.7. The topological polar surface area (TPSA) is 206 Å². The molecule has 2 heterocycles. The van der Waals surface area contributed by atoms with E-state index in [1.54, 1.807) is 0 Å². The van der Waals surface area contributed by atoms with Crippen LogP contribution in [0.2, 0.25) is 0 Å². The average molecular weight is 700 g/mol. The van der Waals surface area contributed by atoms with Gasteiger partial charge >= 0.3 is 0 Å². The Hall–Kier alpha value is -5.37. The molecule has 0 aliphatic carbocycles. The van der Waals surface area contributed by atoms with Crippen LogP contribution in [0.1, 0.15) is 50.7 Å². The Morgan fingerprint density at radius 1 is 0.922 bits per heavy atom. The maximum Gasteiger partial charge on any atom is 0.269 e. The summed E-state index contributed by atoms with van der Waals surface area (Å²) in [5.74, 6) is -2.52. The number of nitro groups is 1. The fourth-order valence-electron chi connectivity index (χ4n) is 6.66. The predicted octanol–water partition coefficient (Wildman–Crippen LogP) is 1.87. The maximum absolute atomic E-state index is 14.0. The van der Waals surface area contributed by atoms with E-state index in [1.165, 1.54) is 29.2 Å². The monoisotopic (exact) mass is 699 g/mol. The number of nitro benzene ring substituents is 1. The Balaban J connectivity index is 1.38. The van der Waals surface area contributed by atoms with Crippen LogP contribution in [0.25, 0.3) is 10.8 Å². The molecule has 3 aromatic carbocycles. The molecule has 5 rings (SSSR count). The smallest absolute Gasteiger partial charge is 0.269 e. The van der Waals surface area contributed by atoms with Crippen molar-refractivity contribution in [3.63, 3.8) is 0 Å². The van der Waals surface area contributed by atoms with E-state index in [1.807, 2.05) is 56.3 Å². The van der Waals surface area contributed by atoms with Crippen molar-refractivity contribution >= 4 is 46.0 Å². The van der Waals surface area contributed by atoms with Gasteiger partial charge in [0.1, 0.15) is 24.2 Å². The zero-order chi connectivity index (χ0) is 36.7. The Kier molecular flexibility index (Phi) is 12.0. The molecule has 270 valence electrons. The van der Waals surface area contributed by atoms with E-state index in [-0.39, 0.29) is 44.0 Å². The molecule has 0 aromatic heterocycles. The van der Waals surface area contributed by atoms with Gasteiger partial charge in [-0.3, -0.25) is 34.1 Å². The van der Waals surface area contributed by atoms with E-state index in [0.717, 1.165) is 16.3 Å². The number of hydrogen-bond donors (Lipinski definition) is 5. The van der Waals surface area contributed by atoms with Crippen molar-refractivity contribution in [1.82, 2.24) is 26.2 Å². The molecule has 2 fully saturated rings. The molecule has 5 atom stereocenters. The highest BCUT2D eigenvalue weighted by Gasteiger charge is 2.40. The second kappa shape index (κ2) is 16.6. The van der Waals surface area contributed by atoms with Crippen molar-refractivity contribution in [2.75, 3.05) is 13.1 Å². The van der Waals surface area contributed by atoms with Gasteiger partial charge in [0.15, 0.2) is 0 Å². The fourth-order valence-corrected chi connectivity index (χ4v) is 6.66. The molecule has 14 heteroatoms. The van der Waals surface area contributed by atoms with Gasteiger partial charge in [0.25, 0.3) is 5.69 Å². The minimum atomic E-state index is -1.11. The van der Waals surface area contributed by atoms with Crippen LogP contribution in [0.4, 0.5) is 5.69 Å². The lowest BCUT2D eigenvalue weighted by Crippen LogP contribution is -2.60. The van der Waals surface area contributed by atoms with Crippen molar-refractivity contribution in [2.24, 2.45) is 11.7 Å². The molecule has 51 heavy (non-hydrogen) atoms. The van der Waals surface area contributed by atoms with Crippen molar-refractivity contribution in [3.05, 3.63) is 88.0 Å². The molecule has 0 unspecified atom stereocenters. The summed E-state index contributed by atoms with van der Waals surface area (Å²) in [5.41, 5.74) is 7.53. The molecule has 0 radical (unpaired) electrons. The highest BCUT2D eigenvalue weighted by atomic mass is 16.6. The highest BCUT2D eigenvalue weighted by molar-refractivity contribution is 5.96. The minimum absolute atomic E-state index is 0.00278. The van der Waals surface area contributed by atoms with Gasteiger partial charge in [-0.05, 0) is 59.9 Å². The fraction of sp³-hybridized carbons (Fsp3) is 0.432. The third-order valence-corrected chi connectivity index (χ3v) is 9.35. The van der Waals surface area contributed by atoms with Gasteiger partial charge in [-0.15, -0.1) is 0 Å². The molecule has 5 amide bonds. The Labute approximate surface area is 296 Å². The lowest BCUT2D eigenvalue weighted by atomic mass is 9.99. The number of carbonyl (C=O) groups excluding carboxylic acids is 5. The van der Waals surface area contributed by atoms with E-state index in [0.29, 0.717) is 24.8 Å². The van der Waals surface area contributed by atoms with E-state index < -0.39 is 64.7 Å². The normalized spacial score (nSPS) is 22.4. The van der Waals surface area contributed by atoms with Crippen molar-refractivity contribution in [1.29, 1.82) is 0 Å². The lowest BCUT2D eigenvalue weighted by Gasteiger charge is -2.31. The lowest BCUT2D eigenvalue weighted by molar-refractivity contribution is -0.384. The molecule has 14 nitrogen and oxygen atoms in total. The molecule has 6 N–H and O–H groups in total. The predicted molar refractivity (Wildman–Crippen MR) is 190 cm³/mol. The summed E-state index contributed by atoms with van der Waals surface area (Å²) < 4.78 is 0. The third kappa shape index (κ3) is 9.45. The standard InChI is InChI=1S/C37H45N7O7/c1-22(2)18-30-34(46)39-16-15-29(40-33(45)28(38)20-23-10-13-27(14-11-23)44(50)51)37(49)43-17-5-8-32(43)36(48)42-31(35(47)41-30)21-24-9-12-25-6-3-4-7-26(25)19-24/h3-4,6-7,9-14,19,22,28-32H,5,8,15-18,20-21,38H2,1-2H3,(H,39,46)(H,40,45)(H,41,47)(H,42,48)/t28-,29+,30-,31-,32+/m0/s1. The Morgan fingerprint density at radius 3 is 2.31 bits per heavy atom. The van der Waals surface area contributed by atoms with Crippen molar-refractivity contribution < 1.29 is 28.9 Å². The van der Waals surface area contributed by atoms with Gasteiger partial charge in [-0.1, -0.05) is 68.4 Å². The van der Waals surface area contributed by atoms with Crippen LogP contribution < -0.4 is 27.0 Å². The first-order valence-corrected chi connectivity index (χ1v) is 17.4. The average Bonchev–Trinajstić information content (AvgIpc) is 3.60. The number of nitrogens with one attached hydrogen (secondary N) is 4. The molecule has 2 aliphatic heterocycles. The van der Waals surface area contributed by atoms with Crippen LogP contribution in [0.15, 0.2) is 66.7 Å². The molecule has 2 saturated heterocycles. The zero-order valence-electron chi connectivity index (χ0n) is 28.8. The second-order valence-corrected chi connectivity index (χ2v) is 13.7. The third-order valence-electron chi connectivity index (χ3n) is 9.35. The van der Waals surface area contributed by atoms with Crippen LogP contribution in [0, 0.1) is 16.0 Å². The largest absolute Gasteiger partial charge is 0.354 e. The molecule has 0 saturated carbocycles. The molecule has 3 aromatic rings. The number of nitrogens with two attached hydrogens (primary N) is 1. The number of fused-ring (bicyclic) bond motifs is 2. The molecular formula is C37H45N7O7. The molecule has 0 bridgehead atoms. The summed E-state index contributed by atoms with van der Waals surface area (Å²) in [7, 11) is 0. The number of carbonyl (C=O) groups is 5. The number of amides is 5. The van der Waals surface area contributed by atoms with E-state index in [9.17, 15) is 34.1 Å². The first-order valence-electron chi connectivity index (χ1n) is 17.4. The highest BCUT2D eigenvalue weighted by Crippen LogP contribution is 2.22. The number of hydrogen-bond acceptors (Lipinski definition) is 8. The molecule has 2 aliphatic rings. The number of nitrogens with zero attached hydrogens (tertiary/aromatic N) is 2. The number of rotatable bonds is 9. The quantitative estimate of drug-likeness (QED) is 0.164. The summed E-state index contributed by atoms with van der Waals surface area (Å²) in [5, 5.41) is 24.3. The van der Waals surface area contributed by atoms with Crippen molar-refractivity contribution in [2.45, 2.75) is 82.6 Å². The van der Waals surface area contributed by atoms with Gasteiger partial charge < -0.3 is 31.9 Å².